The molecular formula is C5H11ClFN5. The van der Waals surface area contributed by atoms with Crippen LogP contribution >= 0.6 is 12.4 Å². The predicted octanol–water partition coefficient (Wildman–Crippen LogP) is 0.496. The molecule has 70 valence electrons. The Kier molecular flexibility index (Phi) is 5.27. The first-order chi connectivity index (χ1) is 5.36. The average Bonchev–Trinajstić information content (AvgIpc) is 2.38. The van der Waals surface area contributed by atoms with Gasteiger partial charge in [0.2, 0.25) is 0 Å². The summed E-state index contributed by atoms with van der Waals surface area (Å²) in [6.45, 7) is 2.36. The number of tetrazole rings is 1. The molecule has 1 rings (SSSR count). The molecule has 0 saturated carbocycles. The third-order valence-electron chi connectivity index (χ3n) is 1.07. The second-order valence-corrected chi connectivity index (χ2v) is 1.93. The van der Waals surface area contributed by atoms with Gasteiger partial charge < -0.3 is 5.32 Å². The molecule has 1 N–H and O–H groups in total. The smallest absolute Gasteiger partial charge is 0.263 e. The van der Waals surface area contributed by atoms with Gasteiger partial charge in [-0.25, -0.2) is 4.39 Å². The minimum Gasteiger partial charge on any atom is -0.352 e. The summed E-state index contributed by atoms with van der Waals surface area (Å²) >= 11 is 0. The lowest BCUT2D eigenvalue weighted by Gasteiger charge is -1.91. The van der Waals surface area contributed by atoms with E-state index in [1.54, 1.807) is 0 Å². The van der Waals surface area contributed by atoms with Crippen molar-refractivity contribution in [3.05, 3.63) is 0 Å². The predicted molar refractivity (Wildman–Crippen MR) is 45.2 cm³/mol. The van der Waals surface area contributed by atoms with Crippen molar-refractivity contribution in [1.82, 2.24) is 20.2 Å². The molecule has 12 heavy (non-hydrogen) atoms. The van der Waals surface area contributed by atoms with Crippen LogP contribution in [0.15, 0.2) is 0 Å². The van der Waals surface area contributed by atoms with E-state index in [0.717, 1.165) is 6.54 Å². The summed E-state index contributed by atoms with van der Waals surface area (Å²) in [5.41, 5.74) is 0. The summed E-state index contributed by atoms with van der Waals surface area (Å²) in [6.07, 6.45) is 0. The standard InChI is InChI=1S/C5H10FN5.ClH/c1-2-7-5-8-10-11(9-5)4-3-6;/h2-4H2,1H3,(H,7,9);1H. The Morgan fingerprint density at radius 3 is 2.92 bits per heavy atom. The maximum Gasteiger partial charge on any atom is 0.263 e. The molecular weight excluding hydrogens is 185 g/mol. The molecule has 0 aliphatic carbocycles. The highest BCUT2D eigenvalue weighted by atomic mass is 35.5. The second-order valence-electron chi connectivity index (χ2n) is 1.93. The molecule has 0 aromatic carbocycles. The molecule has 1 heterocycles. The van der Waals surface area contributed by atoms with Gasteiger partial charge in [0.15, 0.2) is 0 Å². The number of hydrogen-bond donors (Lipinski definition) is 1. The Morgan fingerprint density at radius 1 is 1.58 bits per heavy atom. The normalized spacial score (nSPS) is 9.17. The van der Waals surface area contributed by atoms with E-state index in [0.29, 0.717) is 5.95 Å². The molecule has 0 spiro atoms. The van der Waals surface area contributed by atoms with Crippen LogP contribution in [0.3, 0.4) is 0 Å². The van der Waals surface area contributed by atoms with E-state index in [-0.39, 0.29) is 19.0 Å². The third kappa shape index (κ3) is 3.00. The van der Waals surface area contributed by atoms with E-state index in [4.69, 9.17) is 0 Å². The molecule has 0 atom stereocenters. The van der Waals surface area contributed by atoms with Gasteiger partial charge in [0.05, 0.1) is 6.54 Å². The summed E-state index contributed by atoms with van der Waals surface area (Å²) < 4.78 is 11.7. The number of nitrogens with one attached hydrogen (secondary N) is 1. The van der Waals surface area contributed by atoms with Crippen molar-refractivity contribution in [2.24, 2.45) is 0 Å². The molecule has 1 aromatic heterocycles. The summed E-state index contributed by atoms with van der Waals surface area (Å²) in [6, 6.07) is 0. The summed E-state index contributed by atoms with van der Waals surface area (Å²) in [7, 11) is 0. The van der Waals surface area contributed by atoms with Crippen LogP contribution < -0.4 is 5.32 Å². The zero-order valence-corrected chi connectivity index (χ0v) is 7.51. The van der Waals surface area contributed by atoms with E-state index >= 15 is 0 Å². The van der Waals surface area contributed by atoms with Gasteiger partial charge in [-0.1, -0.05) is 5.10 Å². The number of aryl methyl sites for hydroxylation is 1. The second kappa shape index (κ2) is 5.70. The van der Waals surface area contributed by atoms with Crippen molar-refractivity contribution in [3.63, 3.8) is 0 Å². The number of hydrogen-bond acceptors (Lipinski definition) is 4. The lowest BCUT2D eigenvalue weighted by atomic mass is 10.7. The first-order valence-corrected chi connectivity index (χ1v) is 3.44. The zero-order valence-electron chi connectivity index (χ0n) is 6.70. The van der Waals surface area contributed by atoms with E-state index in [2.05, 4.69) is 20.7 Å². The van der Waals surface area contributed by atoms with E-state index < -0.39 is 6.67 Å². The first kappa shape index (κ1) is 11.1. The minimum absolute atomic E-state index is 0. The van der Waals surface area contributed by atoms with Crippen LogP contribution in [0.1, 0.15) is 6.92 Å². The minimum atomic E-state index is -0.470. The van der Waals surface area contributed by atoms with Crippen molar-refractivity contribution in [2.75, 3.05) is 18.5 Å². The van der Waals surface area contributed by atoms with Gasteiger partial charge in [-0.2, -0.15) is 4.80 Å². The molecule has 0 aliphatic rings. The quantitative estimate of drug-likeness (QED) is 0.760. The molecule has 0 bridgehead atoms. The Balaban J connectivity index is 0.00000121. The summed E-state index contributed by atoms with van der Waals surface area (Å²) in [5, 5.41) is 13.9. The van der Waals surface area contributed by atoms with Crippen molar-refractivity contribution >= 4 is 18.4 Å². The Bertz CT molecular complexity index is 195. The molecule has 0 saturated heterocycles. The van der Waals surface area contributed by atoms with Gasteiger partial charge in [0.1, 0.15) is 6.67 Å². The molecule has 0 amide bonds. The van der Waals surface area contributed by atoms with Crippen molar-refractivity contribution in [3.8, 4) is 0 Å². The summed E-state index contributed by atoms with van der Waals surface area (Å²) in [4.78, 5) is 1.22. The van der Waals surface area contributed by atoms with Gasteiger partial charge in [0.25, 0.3) is 5.95 Å². The SMILES string of the molecule is CCNc1nnn(CCF)n1.Cl. The Hall–Kier alpha value is -0.910. The van der Waals surface area contributed by atoms with Crippen LogP contribution in [-0.4, -0.2) is 33.4 Å². The number of alkyl halides is 1. The lowest BCUT2D eigenvalue weighted by molar-refractivity contribution is 0.397. The topological polar surface area (TPSA) is 55.6 Å². The van der Waals surface area contributed by atoms with Crippen LogP contribution in [0.4, 0.5) is 10.3 Å². The highest BCUT2D eigenvalue weighted by molar-refractivity contribution is 5.85. The highest BCUT2D eigenvalue weighted by Gasteiger charge is 1.98. The van der Waals surface area contributed by atoms with Crippen LogP contribution in [0.5, 0.6) is 0 Å². The Morgan fingerprint density at radius 2 is 2.33 bits per heavy atom. The molecule has 7 heteroatoms. The van der Waals surface area contributed by atoms with Crippen LogP contribution in [-0.2, 0) is 6.54 Å². The van der Waals surface area contributed by atoms with E-state index in [1.165, 1.54) is 4.80 Å². The van der Waals surface area contributed by atoms with Gasteiger partial charge in [0, 0.05) is 6.54 Å². The van der Waals surface area contributed by atoms with Crippen molar-refractivity contribution < 1.29 is 4.39 Å². The van der Waals surface area contributed by atoms with Gasteiger partial charge in [-0.15, -0.1) is 17.5 Å². The largest absolute Gasteiger partial charge is 0.352 e. The number of halogens is 2. The van der Waals surface area contributed by atoms with Gasteiger partial charge >= 0.3 is 0 Å². The number of rotatable bonds is 4. The van der Waals surface area contributed by atoms with Crippen molar-refractivity contribution in [1.29, 1.82) is 0 Å². The highest BCUT2D eigenvalue weighted by Crippen LogP contribution is 1.91. The average molecular weight is 196 g/mol. The fourth-order valence-corrected chi connectivity index (χ4v) is 0.642. The van der Waals surface area contributed by atoms with Crippen molar-refractivity contribution in [2.45, 2.75) is 13.5 Å². The zero-order chi connectivity index (χ0) is 8.10. The van der Waals surface area contributed by atoms with Crippen LogP contribution in [0, 0.1) is 0 Å². The fraction of sp³-hybridized carbons (Fsp3) is 0.800. The molecule has 0 radical (unpaired) electrons. The lowest BCUT2D eigenvalue weighted by Crippen LogP contribution is -2.04. The van der Waals surface area contributed by atoms with Gasteiger partial charge in [-0.05, 0) is 12.1 Å². The number of nitrogens with zero attached hydrogens (tertiary/aromatic N) is 4. The van der Waals surface area contributed by atoms with Gasteiger partial charge in [-0.3, -0.25) is 0 Å². The maximum absolute atomic E-state index is 11.7. The number of aromatic nitrogens is 4. The summed E-state index contributed by atoms with van der Waals surface area (Å²) in [5.74, 6) is 0.445. The fourth-order valence-electron chi connectivity index (χ4n) is 0.642. The van der Waals surface area contributed by atoms with Crippen LogP contribution in [0.25, 0.3) is 0 Å². The molecule has 0 fully saturated rings. The van der Waals surface area contributed by atoms with Crippen LogP contribution in [0.2, 0.25) is 0 Å². The maximum atomic E-state index is 11.7. The number of anilines is 1. The Labute approximate surface area is 75.7 Å². The molecule has 5 nitrogen and oxygen atoms in total. The third-order valence-corrected chi connectivity index (χ3v) is 1.07. The molecule has 1 aromatic rings. The monoisotopic (exact) mass is 195 g/mol. The first-order valence-electron chi connectivity index (χ1n) is 3.44. The van der Waals surface area contributed by atoms with E-state index in [1.807, 2.05) is 6.92 Å². The molecule has 0 unspecified atom stereocenters. The molecule has 0 aliphatic heterocycles. The van der Waals surface area contributed by atoms with E-state index in [9.17, 15) is 4.39 Å².